The van der Waals surface area contributed by atoms with Gasteiger partial charge in [-0.15, -0.1) is 0 Å². The Balaban J connectivity index is 0.612. The van der Waals surface area contributed by atoms with E-state index in [2.05, 4.69) is 57.8 Å². The fourth-order valence-corrected chi connectivity index (χ4v) is 17.7. The average Bonchev–Trinajstić information content (AvgIpc) is 1.55. The van der Waals surface area contributed by atoms with Crippen molar-refractivity contribution in [1.82, 2.24) is 36.5 Å². The fourth-order valence-electron chi connectivity index (χ4n) is 15.8. The third kappa shape index (κ3) is 33.5. The molecule has 3 aliphatic rings. The lowest BCUT2D eigenvalue weighted by Gasteiger charge is -2.33. The van der Waals surface area contributed by atoms with Gasteiger partial charge in [0.25, 0.3) is 5.60 Å². The van der Waals surface area contributed by atoms with E-state index in [0.717, 1.165) is 34.5 Å². The highest BCUT2D eigenvalue weighted by Crippen LogP contribution is 2.51. The molecule has 0 saturated heterocycles. The summed E-state index contributed by atoms with van der Waals surface area (Å²) in [6, 6.07) is 32.4. The molecule has 138 heavy (non-hydrogen) atoms. The van der Waals surface area contributed by atoms with Crippen molar-refractivity contribution in [3.05, 3.63) is 177 Å². The predicted molar refractivity (Wildman–Crippen MR) is 514 cm³/mol. The zero-order valence-corrected chi connectivity index (χ0v) is 81.1. The van der Waals surface area contributed by atoms with Crippen LogP contribution in [0.2, 0.25) is 10.0 Å². The summed E-state index contributed by atoms with van der Waals surface area (Å²) in [5.41, 5.74) is 10.7. The van der Waals surface area contributed by atoms with Crippen LogP contribution in [0.3, 0.4) is 0 Å². The number of amides is 8. The maximum atomic E-state index is 14.2. The number of nitrogens with one attached hydrogen (secondary N) is 6. The summed E-state index contributed by atoms with van der Waals surface area (Å²) < 4.78 is 158. The second-order valence-corrected chi connectivity index (χ2v) is 37.6. The molecule has 9 rings (SSSR count). The summed E-state index contributed by atoms with van der Waals surface area (Å²) in [7, 11) is -2.58. The number of hydrazine groups is 1. The normalized spacial score (nSPS) is 15.2. The van der Waals surface area contributed by atoms with Crippen LogP contribution < -0.4 is 59.1 Å². The number of alkyl halides is 6. The Morgan fingerprint density at radius 2 is 1.22 bits per heavy atom. The van der Waals surface area contributed by atoms with Crippen LogP contribution in [0.4, 0.5) is 53.0 Å². The van der Waals surface area contributed by atoms with Crippen molar-refractivity contribution in [3.63, 3.8) is 0 Å². The Labute approximate surface area is 812 Å². The van der Waals surface area contributed by atoms with Crippen molar-refractivity contribution < 1.29 is 111 Å². The topological polar surface area (TPSA) is 423 Å². The molecule has 2 heterocycles. The number of ether oxygens (including phenoxy) is 8. The Morgan fingerprint density at radius 1 is 0.630 bits per heavy atom. The van der Waals surface area contributed by atoms with Gasteiger partial charge in [0.05, 0.1) is 161 Å². The molecule has 2 aliphatic heterocycles. The van der Waals surface area contributed by atoms with E-state index in [4.69, 9.17) is 78.4 Å². The fraction of sp³-hybridized carbons (Fsp3) is 0.526. The molecule has 1 saturated carbocycles. The minimum absolute atomic E-state index is 0.00181. The van der Waals surface area contributed by atoms with Gasteiger partial charge in [-0.3, -0.25) is 29.0 Å². The maximum Gasteiger partial charge on any atom is 0.431 e. The zero-order chi connectivity index (χ0) is 100. The Kier molecular flexibility index (Phi) is 44.0. The Hall–Kier alpha value is -10.3. The van der Waals surface area contributed by atoms with Gasteiger partial charge in [0.15, 0.2) is 9.84 Å². The number of nitrogens with zero attached hydrogens (tertiary/aromatic N) is 5. The highest BCUT2D eigenvalue weighted by molar-refractivity contribution is 7.91. The van der Waals surface area contributed by atoms with Gasteiger partial charge in [-0.1, -0.05) is 167 Å². The molecular formula is C97H130Cl2F6N14O18S. The third-order valence-electron chi connectivity index (χ3n) is 24.0. The quantitative estimate of drug-likeness (QED) is 0.00733. The van der Waals surface area contributed by atoms with Crippen LogP contribution in [-0.4, -0.2) is 244 Å². The first-order valence-electron chi connectivity index (χ1n) is 46.4. The zero-order valence-electron chi connectivity index (χ0n) is 78.8. The number of primary amides is 1. The maximum absolute atomic E-state index is 14.2. The van der Waals surface area contributed by atoms with E-state index in [0.29, 0.717) is 78.1 Å². The van der Waals surface area contributed by atoms with Gasteiger partial charge >= 0.3 is 24.5 Å². The van der Waals surface area contributed by atoms with Crippen molar-refractivity contribution in [2.45, 2.75) is 178 Å². The minimum atomic E-state index is -6.22. The Bertz CT molecular complexity index is 5110. The summed E-state index contributed by atoms with van der Waals surface area (Å²) in [5, 5.41) is 33.3. The van der Waals surface area contributed by atoms with Gasteiger partial charge in [-0.25, -0.2) is 23.8 Å². The number of anilines is 3. The molecule has 758 valence electrons. The predicted octanol–water partition coefficient (Wildman–Crippen LogP) is 13.2. The van der Waals surface area contributed by atoms with Gasteiger partial charge in [-0.05, 0) is 133 Å². The SMILES string of the molecule is CCC(C)CCCC(C)(NCCOCCOCCOCCN(N)C1=C(N)c2ccccc2CN(C(=O)CCC(=O)NCCOCCOCCOCCOCCC(=O)N[C@H](C(=O)N[C@@H](CCCNC(N)=O)C(=O)Nc2ccc(COC(=O)N(C)CCCS(=O)(=O)c3cccc(-c4ccc(C5CC(C(O)(C(F)(F)F)C(F)(F)F)=NN5c5c(Cl)cccc5Cl)cc4)c3)cc2)C(C)C)c2ccccc21)C1CC1. The van der Waals surface area contributed by atoms with Crippen LogP contribution in [0.25, 0.3) is 22.5 Å². The molecule has 0 radical (unpaired) electrons. The van der Waals surface area contributed by atoms with Gasteiger partial charge in [-0.2, -0.15) is 31.4 Å². The average molecular weight is 2000 g/mol. The lowest BCUT2D eigenvalue weighted by Crippen LogP contribution is -2.62. The molecule has 6 aromatic carbocycles. The lowest BCUT2D eigenvalue weighted by atomic mass is 9.87. The van der Waals surface area contributed by atoms with Crippen LogP contribution >= 0.6 is 23.2 Å². The smallest absolute Gasteiger partial charge is 0.431 e. The van der Waals surface area contributed by atoms with Crippen LogP contribution in [0.1, 0.15) is 152 Å². The van der Waals surface area contributed by atoms with Crippen molar-refractivity contribution in [2.75, 3.05) is 153 Å². The van der Waals surface area contributed by atoms with Gasteiger partial charge < -0.3 is 101 Å². The number of hydrogen-bond donors (Lipinski definition) is 10. The van der Waals surface area contributed by atoms with Crippen LogP contribution in [0, 0.1) is 17.8 Å². The number of sulfone groups is 1. The van der Waals surface area contributed by atoms with E-state index in [9.17, 15) is 73.4 Å². The number of fused-ring (bicyclic) bond motifs is 2. The highest BCUT2D eigenvalue weighted by Gasteiger charge is 2.74. The van der Waals surface area contributed by atoms with Gasteiger partial charge in [0.1, 0.15) is 18.7 Å². The van der Waals surface area contributed by atoms with E-state index in [-0.39, 0.29) is 181 Å². The number of carbonyl (C=O) groups excluding carboxylic acids is 7. The Morgan fingerprint density at radius 3 is 1.84 bits per heavy atom. The van der Waals surface area contributed by atoms with E-state index in [1.807, 2.05) is 48.5 Å². The molecule has 32 nitrogen and oxygen atoms in total. The van der Waals surface area contributed by atoms with Crippen LogP contribution in [-0.2, 0) is 84.9 Å². The first kappa shape index (κ1) is 111. The van der Waals surface area contributed by atoms with Crippen molar-refractivity contribution in [2.24, 2.45) is 40.2 Å². The molecular weight excluding hydrogens is 1870 g/mol. The number of urea groups is 1. The van der Waals surface area contributed by atoms with Crippen molar-refractivity contribution >= 4 is 109 Å². The van der Waals surface area contributed by atoms with E-state index < -0.39 is 99.6 Å². The van der Waals surface area contributed by atoms with Crippen molar-refractivity contribution in [1.29, 1.82) is 0 Å². The van der Waals surface area contributed by atoms with Gasteiger partial charge in [0, 0.05) is 81.3 Å². The summed E-state index contributed by atoms with van der Waals surface area (Å²) in [4.78, 5) is 95.5. The summed E-state index contributed by atoms with van der Waals surface area (Å²) in [6.07, 6.45) is -6.75. The monoisotopic (exact) mass is 1990 g/mol. The largest absolute Gasteiger partial charge is 0.445 e. The molecule has 0 spiro atoms. The highest BCUT2D eigenvalue weighted by atomic mass is 35.5. The summed E-state index contributed by atoms with van der Waals surface area (Å²) in [6.45, 7) is 15.9. The van der Waals surface area contributed by atoms with Crippen LogP contribution in [0.15, 0.2) is 150 Å². The second kappa shape index (κ2) is 54.5. The number of hydrogen-bond acceptors (Lipinski definition) is 24. The number of nitrogens with two attached hydrogens (primary N) is 3. The third-order valence-corrected chi connectivity index (χ3v) is 26.4. The molecule has 3 unspecified atom stereocenters. The molecule has 0 bridgehead atoms. The molecule has 5 atom stereocenters. The molecule has 1 aliphatic carbocycles. The number of benzene rings is 6. The van der Waals surface area contributed by atoms with E-state index in [1.54, 1.807) is 42.0 Å². The number of para-hydroxylation sites is 2. The first-order chi connectivity index (χ1) is 65.8. The first-order valence-corrected chi connectivity index (χ1v) is 48.8. The van der Waals surface area contributed by atoms with E-state index >= 15 is 0 Å². The molecule has 1 fully saturated rings. The number of halogens is 8. The van der Waals surface area contributed by atoms with Crippen LogP contribution in [0.5, 0.6) is 0 Å². The summed E-state index contributed by atoms with van der Waals surface area (Å²) in [5.74, 6) is 5.14. The molecule has 8 amide bonds. The number of carbonyl (C=O) groups is 7. The molecule has 41 heteroatoms. The lowest BCUT2D eigenvalue weighted by molar-refractivity contribution is -0.338. The number of aliphatic hydroxyl groups is 1. The number of rotatable bonds is 59. The summed E-state index contributed by atoms with van der Waals surface area (Å²) >= 11 is 12.7. The second-order valence-electron chi connectivity index (χ2n) is 34.7. The molecule has 13 N–H and O–H groups in total. The van der Waals surface area contributed by atoms with Gasteiger partial charge in [0.2, 0.25) is 29.5 Å². The number of hydrazone groups is 1. The molecule has 6 aromatic rings. The standard InChI is InChI=1S/C97H130Cl2F6N14O18S/c1-7-66(4)17-14-40-94(5,72-33-34-72)111-43-48-132-52-56-135-57-53-133-49-45-118(108)88-76-22-10-11-26-80(76)117(63-71-18-8-9-21-75(71)86(88)106)85(122)38-37-83(120)109-42-47-131-51-55-136-59-58-134-54-50-130-46-39-84(121)114-87(65(2)3)91(124)113-79(25-15-41-110-92(107)125)90(123)112-73-35-27-67(28-36-73)64-137-93(126)116(6)44-16-60-138(128,129)74-20-12-19-70(61-74)68-29-31-69(32-30-68)81-62-82(95(127,96(100,101)102)97(103,104)105)115-119(81)89-77(98)23-13-24-78(89)99/h8-13,18-24,26-32,35-36,61,65-66,72,79,81,87,111,127H,7,14-17,25,33-34,37-60,62-64,106,108H2,1-6H3,(H,109,120)(H,112,123)(H,113,124)(H,114,121)(H3,107,110,125)/t66?,79-,81?,87-,94?/m0/s1. The van der Waals surface area contributed by atoms with Crippen molar-refractivity contribution in [3.8, 4) is 11.1 Å². The molecule has 0 aromatic heterocycles. The minimum Gasteiger partial charge on any atom is -0.445 e. The van der Waals surface area contributed by atoms with E-state index in [1.165, 1.54) is 123 Å².